The predicted octanol–water partition coefficient (Wildman–Crippen LogP) is 5.85. The van der Waals surface area contributed by atoms with Crippen molar-refractivity contribution in [3.05, 3.63) is 64.4 Å². The normalized spacial score (nSPS) is 12.5. The minimum Gasteiger partial charge on any atom is -0.377 e. The molecule has 0 saturated heterocycles. The first kappa shape index (κ1) is 15.8. The summed E-state index contributed by atoms with van der Waals surface area (Å²) in [5.74, 6) is 0.334. The molecular weight excluding hydrogens is 285 g/mol. The molecule has 0 saturated carbocycles. The van der Waals surface area contributed by atoms with Gasteiger partial charge in [-0.2, -0.15) is 0 Å². The van der Waals surface area contributed by atoms with Crippen LogP contribution in [0.3, 0.4) is 0 Å². The van der Waals surface area contributed by atoms with Crippen LogP contribution in [0.25, 0.3) is 0 Å². The second kappa shape index (κ2) is 6.95. The van der Waals surface area contributed by atoms with E-state index in [1.165, 1.54) is 23.3 Å². The lowest BCUT2D eigenvalue weighted by atomic mass is 10.00. The van der Waals surface area contributed by atoms with E-state index in [0.717, 1.165) is 12.1 Å². The highest BCUT2D eigenvalue weighted by molar-refractivity contribution is 6.33. The van der Waals surface area contributed by atoms with Crippen molar-refractivity contribution < 1.29 is 4.39 Å². The SMILES string of the molecule is CC(C)Cc1ccc(C(C)Nc2ccc(F)cc2Cl)cc1. The van der Waals surface area contributed by atoms with Crippen molar-refractivity contribution in [1.29, 1.82) is 0 Å². The van der Waals surface area contributed by atoms with Gasteiger partial charge in [-0.3, -0.25) is 0 Å². The Morgan fingerprint density at radius 2 is 1.71 bits per heavy atom. The van der Waals surface area contributed by atoms with E-state index in [0.29, 0.717) is 10.9 Å². The topological polar surface area (TPSA) is 12.0 Å². The van der Waals surface area contributed by atoms with Crippen LogP contribution in [0.1, 0.15) is 37.9 Å². The number of anilines is 1. The van der Waals surface area contributed by atoms with E-state index in [1.807, 2.05) is 0 Å². The lowest BCUT2D eigenvalue weighted by Gasteiger charge is -2.17. The summed E-state index contributed by atoms with van der Waals surface area (Å²) in [6, 6.07) is 13.1. The van der Waals surface area contributed by atoms with Crippen molar-refractivity contribution in [3.8, 4) is 0 Å². The van der Waals surface area contributed by atoms with Gasteiger partial charge in [-0.1, -0.05) is 49.7 Å². The van der Waals surface area contributed by atoms with Crippen molar-refractivity contribution in [2.45, 2.75) is 33.2 Å². The van der Waals surface area contributed by atoms with E-state index in [9.17, 15) is 4.39 Å². The molecule has 0 aliphatic heterocycles. The van der Waals surface area contributed by atoms with E-state index in [1.54, 1.807) is 6.07 Å². The Kier molecular flexibility index (Phi) is 5.24. The lowest BCUT2D eigenvalue weighted by molar-refractivity contribution is 0.628. The van der Waals surface area contributed by atoms with E-state index in [4.69, 9.17) is 11.6 Å². The quantitative estimate of drug-likeness (QED) is 0.730. The zero-order valence-electron chi connectivity index (χ0n) is 12.7. The Bertz CT molecular complexity index is 593. The summed E-state index contributed by atoms with van der Waals surface area (Å²) < 4.78 is 13.0. The Morgan fingerprint density at radius 3 is 2.29 bits per heavy atom. The molecule has 0 aliphatic carbocycles. The van der Waals surface area contributed by atoms with Crippen LogP contribution < -0.4 is 5.32 Å². The largest absolute Gasteiger partial charge is 0.377 e. The van der Waals surface area contributed by atoms with Crippen LogP contribution in [0.4, 0.5) is 10.1 Å². The van der Waals surface area contributed by atoms with Gasteiger partial charge in [-0.25, -0.2) is 4.39 Å². The molecule has 112 valence electrons. The van der Waals surface area contributed by atoms with Crippen LogP contribution in [0.5, 0.6) is 0 Å². The average molecular weight is 306 g/mol. The molecule has 2 aromatic carbocycles. The van der Waals surface area contributed by atoms with E-state index < -0.39 is 0 Å². The van der Waals surface area contributed by atoms with Crippen molar-refractivity contribution in [3.63, 3.8) is 0 Å². The summed E-state index contributed by atoms with van der Waals surface area (Å²) >= 11 is 6.04. The Balaban J connectivity index is 2.07. The number of rotatable bonds is 5. The van der Waals surface area contributed by atoms with Crippen LogP contribution in [-0.2, 0) is 6.42 Å². The molecule has 1 atom stereocenters. The zero-order valence-corrected chi connectivity index (χ0v) is 13.4. The molecule has 2 aromatic rings. The van der Waals surface area contributed by atoms with Gasteiger partial charge in [0, 0.05) is 6.04 Å². The van der Waals surface area contributed by atoms with Gasteiger partial charge in [0.15, 0.2) is 0 Å². The number of benzene rings is 2. The number of hydrogen-bond acceptors (Lipinski definition) is 1. The predicted molar refractivity (Wildman–Crippen MR) is 88.4 cm³/mol. The molecule has 0 fully saturated rings. The van der Waals surface area contributed by atoms with Gasteiger partial charge in [0.1, 0.15) is 5.82 Å². The molecular formula is C18H21ClFN. The second-order valence-electron chi connectivity index (χ2n) is 5.83. The molecule has 1 N–H and O–H groups in total. The van der Waals surface area contributed by atoms with Crippen LogP contribution in [0, 0.1) is 11.7 Å². The van der Waals surface area contributed by atoms with Gasteiger partial charge < -0.3 is 5.32 Å². The van der Waals surface area contributed by atoms with Crippen molar-refractivity contribution in [2.24, 2.45) is 5.92 Å². The number of halogens is 2. The minimum absolute atomic E-state index is 0.112. The molecule has 0 amide bonds. The molecule has 0 aliphatic rings. The fourth-order valence-electron chi connectivity index (χ4n) is 2.34. The Morgan fingerprint density at radius 1 is 1.05 bits per heavy atom. The highest BCUT2D eigenvalue weighted by Crippen LogP contribution is 2.27. The van der Waals surface area contributed by atoms with Crippen molar-refractivity contribution in [1.82, 2.24) is 0 Å². The van der Waals surface area contributed by atoms with Gasteiger partial charge in [-0.05, 0) is 48.6 Å². The molecule has 0 bridgehead atoms. The van der Waals surface area contributed by atoms with Crippen LogP contribution in [-0.4, -0.2) is 0 Å². The maximum Gasteiger partial charge on any atom is 0.124 e. The highest BCUT2D eigenvalue weighted by Gasteiger charge is 2.08. The summed E-state index contributed by atoms with van der Waals surface area (Å²) in [5.41, 5.74) is 3.28. The summed E-state index contributed by atoms with van der Waals surface area (Å²) in [7, 11) is 0. The summed E-state index contributed by atoms with van der Waals surface area (Å²) in [6.07, 6.45) is 1.09. The fourth-order valence-corrected chi connectivity index (χ4v) is 2.56. The van der Waals surface area contributed by atoms with E-state index >= 15 is 0 Å². The maximum absolute atomic E-state index is 13.0. The number of hydrogen-bond donors (Lipinski definition) is 1. The lowest BCUT2D eigenvalue weighted by Crippen LogP contribution is -2.07. The van der Waals surface area contributed by atoms with Gasteiger partial charge in [-0.15, -0.1) is 0 Å². The fraction of sp³-hybridized carbons (Fsp3) is 0.333. The Hall–Kier alpha value is -1.54. The standard InChI is InChI=1S/C18H21ClFN/c1-12(2)10-14-4-6-15(7-5-14)13(3)21-18-9-8-16(20)11-17(18)19/h4-9,11-13,21H,10H2,1-3H3. The molecule has 2 rings (SSSR count). The first-order valence-corrected chi connectivity index (χ1v) is 7.64. The monoisotopic (exact) mass is 305 g/mol. The van der Waals surface area contributed by atoms with Gasteiger partial charge in [0.2, 0.25) is 0 Å². The molecule has 1 unspecified atom stereocenters. The summed E-state index contributed by atoms with van der Waals surface area (Å²) in [6.45, 7) is 6.50. The van der Waals surface area contributed by atoms with Crippen LogP contribution in [0.15, 0.2) is 42.5 Å². The molecule has 3 heteroatoms. The molecule has 21 heavy (non-hydrogen) atoms. The number of nitrogens with one attached hydrogen (secondary N) is 1. The van der Waals surface area contributed by atoms with Crippen LogP contribution >= 0.6 is 11.6 Å². The third kappa shape index (κ3) is 4.47. The summed E-state index contributed by atoms with van der Waals surface area (Å²) in [5, 5.41) is 3.72. The molecule has 0 heterocycles. The average Bonchev–Trinajstić information content (AvgIpc) is 2.42. The highest BCUT2D eigenvalue weighted by atomic mass is 35.5. The third-order valence-corrected chi connectivity index (χ3v) is 3.74. The minimum atomic E-state index is -0.323. The molecule has 0 radical (unpaired) electrons. The maximum atomic E-state index is 13.0. The van der Waals surface area contributed by atoms with Crippen molar-refractivity contribution >= 4 is 17.3 Å². The van der Waals surface area contributed by atoms with Gasteiger partial charge in [0.25, 0.3) is 0 Å². The van der Waals surface area contributed by atoms with Gasteiger partial charge in [0.05, 0.1) is 10.7 Å². The van der Waals surface area contributed by atoms with E-state index in [-0.39, 0.29) is 11.9 Å². The zero-order chi connectivity index (χ0) is 15.4. The Labute approximate surface area is 131 Å². The smallest absolute Gasteiger partial charge is 0.124 e. The third-order valence-electron chi connectivity index (χ3n) is 3.43. The van der Waals surface area contributed by atoms with E-state index in [2.05, 4.69) is 50.4 Å². The molecule has 0 aromatic heterocycles. The molecule has 0 spiro atoms. The van der Waals surface area contributed by atoms with Crippen LogP contribution in [0.2, 0.25) is 5.02 Å². The van der Waals surface area contributed by atoms with Crippen molar-refractivity contribution in [2.75, 3.05) is 5.32 Å². The molecule has 1 nitrogen and oxygen atoms in total. The summed E-state index contributed by atoms with van der Waals surface area (Å²) in [4.78, 5) is 0. The first-order chi connectivity index (χ1) is 9.95. The second-order valence-corrected chi connectivity index (χ2v) is 6.24. The first-order valence-electron chi connectivity index (χ1n) is 7.26. The van der Waals surface area contributed by atoms with Gasteiger partial charge >= 0.3 is 0 Å².